The van der Waals surface area contributed by atoms with Crippen LogP contribution >= 0.6 is 0 Å². The van der Waals surface area contributed by atoms with Gasteiger partial charge in [-0.2, -0.15) is 0 Å². The second-order valence-corrected chi connectivity index (χ2v) is 4.77. The number of nitrogens with two attached hydrogens (primary N) is 1. The second kappa shape index (κ2) is 5.60. The molecule has 1 aromatic rings. The topological polar surface area (TPSA) is 98.6 Å². The van der Waals surface area contributed by atoms with Gasteiger partial charge in [0.15, 0.2) is 0 Å². The minimum Gasteiger partial charge on any atom is -0.368 e. The monoisotopic (exact) mass is 263 g/mol. The summed E-state index contributed by atoms with van der Waals surface area (Å²) in [6.07, 6.45) is 1.51. The summed E-state index contributed by atoms with van der Waals surface area (Å²) in [6, 6.07) is 5.92. The zero-order chi connectivity index (χ0) is 14.6. The highest BCUT2D eigenvalue weighted by molar-refractivity contribution is 5.89. The van der Waals surface area contributed by atoms with Gasteiger partial charge in [0.05, 0.1) is 4.92 Å². The number of primary amides is 1. The molecule has 0 aliphatic carbocycles. The smallest absolute Gasteiger partial charge is 0.269 e. The van der Waals surface area contributed by atoms with Gasteiger partial charge in [0.2, 0.25) is 5.91 Å². The Morgan fingerprint density at radius 2 is 1.95 bits per heavy atom. The molecular formula is C13H17N3O3. The van der Waals surface area contributed by atoms with Gasteiger partial charge in [-0.15, -0.1) is 0 Å². The normalized spacial score (nSPS) is 14.5. The van der Waals surface area contributed by atoms with Crippen LogP contribution in [-0.2, 0) is 4.79 Å². The molecule has 1 atom stereocenters. The van der Waals surface area contributed by atoms with Crippen LogP contribution in [-0.4, -0.2) is 22.6 Å². The molecule has 1 aromatic carbocycles. The molecule has 0 aliphatic rings. The molecule has 19 heavy (non-hydrogen) atoms. The van der Waals surface area contributed by atoms with E-state index in [1.807, 2.05) is 13.8 Å². The third-order valence-corrected chi connectivity index (χ3v) is 3.21. The largest absolute Gasteiger partial charge is 0.368 e. The number of nitro benzene ring substituents is 1. The molecule has 0 aromatic heterocycles. The predicted octanol–water partition coefficient (Wildman–Crippen LogP) is 1.91. The summed E-state index contributed by atoms with van der Waals surface area (Å²) < 4.78 is 0. The van der Waals surface area contributed by atoms with Crippen molar-refractivity contribution in [3.8, 4) is 0 Å². The lowest BCUT2D eigenvalue weighted by Gasteiger charge is -2.25. The lowest BCUT2D eigenvalue weighted by molar-refractivity contribution is -0.384. The van der Waals surface area contributed by atoms with Crippen LogP contribution in [0.25, 0.3) is 0 Å². The molecule has 0 radical (unpaired) electrons. The number of benzene rings is 1. The Labute approximate surface area is 111 Å². The maximum atomic E-state index is 11.4. The van der Waals surface area contributed by atoms with Gasteiger partial charge in [-0.3, -0.25) is 19.9 Å². The fourth-order valence-corrected chi connectivity index (χ4v) is 1.39. The van der Waals surface area contributed by atoms with E-state index in [2.05, 4.69) is 4.99 Å². The van der Waals surface area contributed by atoms with Gasteiger partial charge >= 0.3 is 0 Å². The van der Waals surface area contributed by atoms with Crippen LogP contribution in [0.4, 0.5) is 5.69 Å². The summed E-state index contributed by atoms with van der Waals surface area (Å²) in [5.74, 6) is -0.542. The third-order valence-electron chi connectivity index (χ3n) is 3.21. The standard InChI is InChI=1S/C13H17N3O3/c1-9(2)13(3,12(14)17)15-8-10-4-6-11(7-5-10)16(18)19/h4-9H,1-3H3,(H2,14,17). The number of non-ortho nitro benzene ring substituents is 1. The molecule has 0 spiro atoms. The average Bonchev–Trinajstić information content (AvgIpc) is 2.35. The van der Waals surface area contributed by atoms with Gasteiger partial charge in [-0.1, -0.05) is 13.8 Å². The molecule has 0 bridgehead atoms. The first kappa shape index (κ1) is 14.8. The summed E-state index contributed by atoms with van der Waals surface area (Å²) >= 11 is 0. The van der Waals surface area contributed by atoms with Crippen LogP contribution in [0.15, 0.2) is 29.3 Å². The number of carbonyl (C=O) groups excluding carboxylic acids is 1. The number of nitro groups is 1. The third kappa shape index (κ3) is 3.37. The summed E-state index contributed by atoms with van der Waals surface area (Å²) in [5.41, 5.74) is 5.07. The molecule has 0 fully saturated rings. The molecule has 1 amide bonds. The SMILES string of the molecule is CC(C)C(C)(N=Cc1ccc([N+](=O)[O-])cc1)C(N)=O. The van der Waals surface area contributed by atoms with E-state index >= 15 is 0 Å². The molecule has 1 unspecified atom stereocenters. The predicted molar refractivity (Wildman–Crippen MR) is 73.1 cm³/mol. The number of hydrogen-bond donors (Lipinski definition) is 1. The second-order valence-electron chi connectivity index (χ2n) is 4.77. The number of nitrogens with zero attached hydrogens (tertiary/aromatic N) is 2. The number of hydrogen-bond acceptors (Lipinski definition) is 4. The van der Waals surface area contributed by atoms with Gasteiger partial charge in [-0.05, 0) is 30.5 Å². The highest BCUT2D eigenvalue weighted by Crippen LogP contribution is 2.21. The first-order valence-corrected chi connectivity index (χ1v) is 5.87. The molecule has 6 nitrogen and oxygen atoms in total. The van der Waals surface area contributed by atoms with Crippen LogP contribution in [0, 0.1) is 16.0 Å². The van der Waals surface area contributed by atoms with Crippen molar-refractivity contribution in [1.29, 1.82) is 0 Å². The van der Waals surface area contributed by atoms with Gasteiger partial charge in [-0.25, -0.2) is 0 Å². The van der Waals surface area contributed by atoms with Crippen molar-refractivity contribution in [3.63, 3.8) is 0 Å². The number of carbonyl (C=O) groups is 1. The van der Waals surface area contributed by atoms with Crippen molar-refractivity contribution in [2.45, 2.75) is 26.3 Å². The maximum Gasteiger partial charge on any atom is 0.269 e. The van der Waals surface area contributed by atoms with Crippen molar-refractivity contribution in [3.05, 3.63) is 39.9 Å². The highest BCUT2D eigenvalue weighted by Gasteiger charge is 2.33. The minimum absolute atomic E-state index is 0.0127. The molecule has 6 heteroatoms. The fourth-order valence-electron chi connectivity index (χ4n) is 1.39. The van der Waals surface area contributed by atoms with Crippen molar-refractivity contribution in [2.24, 2.45) is 16.6 Å². The van der Waals surface area contributed by atoms with Crippen LogP contribution in [0.2, 0.25) is 0 Å². The Bertz CT molecular complexity index is 508. The first-order chi connectivity index (χ1) is 8.77. The zero-order valence-electron chi connectivity index (χ0n) is 11.2. The molecule has 1 rings (SSSR count). The molecule has 102 valence electrons. The van der Waals surface area contributed by atoms with Crippen molar-refractivity contribution in [2.75, 3.05) is 0 Å². The van der Waals surface area contributed by atoms with Crippen LogP contribution in [0.1, 0.15) is 26.3 Å². The van der Waals surface area contributed by atoms with Crippen molar-refractivity contribution < 1.29 is 9.72 Å². The number of aliphatic imine (C=N–C) groups is 1. The van der Waals surface area contributed by atoms with Crippen molar-refractivity contribution in [1.82, 2.24) is 0 Å². The van der Waals surface area contributed by atoms with E-state index in [0.29, 0.717) is 5.56 Å². The Balaban J connectivity index is 2.97. The lowest BCUT2D eigenvalue weighted by Crippen LogP contribution is -2.44. The first-order valence-electron chi connectivity index (χ1n) is 5.87. The lowest BCUT2D eigenvalue weighted by atomic mass is 9.88. The van der Waals surface area contributed by atoms with Crippen LogP contribution in [0.5, 0.6) is 0 Å². The van der Waals surface area contributed by atoms with Gasteiger partial charge in [0, 0.05) is 18.3 Å². The van der Waals surface area contributed by atoms with E-state index in [4.69, 9.17) is 5.73 Å². The van der Waals surface area contributed by atoms with Gasteiger partial charge in [0.1, 0.15) is 5.54 Å². The minimum atomic E-state index is -0.984. The quantitative estimate of drug-likeness (QED) is 0.499. The van der Waals surface area contributed by atoms with E-state index in [-0.39, 0.29) is 11.6 Å². The van der Waals surface area contributed by atoms with Gasteiger partial charge in [0.25, 0.3) is 5.69 Å². The zero-order valence-corrected chi connectivity index (χ0v) is 11.2. The molecular weight excluding hydrogens is 246 g/mol. The maximum absolute atomic E-state index is 11.4. The van der Waals surface area contributed by atoms with Crippen molar-refractivity contribution >= 4 is 17.8 Å². The average molecular weight is 263 g/mol. The number of rotatable bonds is 5. The Hall–Kier alpha value is -2.24. The highest BCUT2D eigenvalue weighted by atomic mass is 16.6. The fraction of sp³-hybridized carbons (Fsp3) is 0.385. The van der Waals surface area contributed by atoms with Gasteiger partial charge < -0.3 is 5.73 Å². The molecule has 0 saturated heterocycles. The van der Waals surface area contributed by atoms with E-state index in [0.717, 1.165) is 0 Å². The van der Waals surface area contributed by atoms with E-state index in [1.165, 1.54) is 18.3 Å². The summed E-state index contributed by atoms with van der Waals surface area (Å²) in [5, 5.41) is 10.5. The molecule has 0 aliphatic heterocycles. The Morgan fingerprint density at radius 3 is 2.32 bits per heavy atom. The van der Waals surface area contributed by atoms with Crippen LogP contribution < -0.4 is 5.73 Å². The molecule has 0 heterocycles. The van der Waals surface area contributed by atoms with E-state index in [9.17, 15) is 14.9 Å². The van der Waals surface area contributed by atoms with E-state index < -0.39 is 16.4 Å². The summed E-state index contributed by atoms with van der Waals surface area (Å²) in [6.45, 7) is 5.39. The number of amides is 1. The van der Waals surface area contributed by atoms with E-state index in [1.54, 1.807) is 19.1 Å². The van der Waals surface area contributed by atoms with Crippen LogP contribution in [0.3, 0.4) is 0 Å². The molecule has 2 N–H and O–H groups in total. The summed E-state index contributed by atoms with van der Waals surface area (Å²) in [7, 11) is 0. The molecule has 0 saturated carbocycles. The Morgan fingerprint density at radius 1 is 1.42 bits per heavy atom. The summed E-state index contributed by atoms with van der Waals surface area (Å²) in [4.78, 5) is 25.7. The Kier molecular flexibility index (Phi) is 4.37.